The largest absolute Gasteiger partial charge is 0.313 e. The van der Waals surface area contributed by atoms with E-state index in [9.17, 15) is 9.18 Å². The first kappa shape index (κ1) is 18.4. The Labute approximate surface area is 167 Å². The Bertz CT molecular complexity index is 1150. The van der Waals surface area contributed by atoms with E-state index < -0.39 is 0 Å². The molecule has 0 radical (unpaired) electrons. The van der Waals surface area contributed by atoms with Gasteiger partial charge in [0.05, 0.1) is 6.54 Å². The van der Waals surface area contributed by atoms with Gasteiger partial charge in [0, 0.05) is 28.9 Å². The van der Waals surface area contributed by atoms with Crippen LogP contribution in [0.3, 0.4) is 0 Å². The smallest absolute Gasteiger partial charge is 0.252 e. The fourth-order valence-corrected chi connectivity index (χ4v) is 4.04. The van der Waals surface area contributed by atoms with Gasteiger partial charge >= 0.3 is 0 Å². The lowest BCUT2D eigenvalue weighted by molar-refractivity contribution is 0.103. The van der Waals surface area contributed by atoms with Gasteiger partial charge in [-0.15, -0.1) is 21.5 Å². The minimum atomic E-state index is -0.246. The van der Waals surface area contributed by atoms with E-state index in [1.165, 1.54) is 11.3 Å². The van der Waals surface area contributed by atoms with Crippen LogP contribution in [0.25, 0.3) is 0 Å². The average molecular weight is 414 g/mol. The quantitative estimate of drug-likeness (QED) is 0.481. The first-order valence-electron chi connectivity index (χ1n) is 8.34. The maximum Gasteiger partial charge on any atom is 0.252 e. The number of hydrogen-bond donors (Lipinski definition) is 1. The second-order valence-corrected chi connectivity index (χ2v) is 7.94. The third-order valence-corrected chi connectivity index (χ3v) is 5.71. The SMILES string of the molecule is Cc1csc(C(=O)c2nnc(Nc3ccn(Cc4cccc(C)c4F)n3)s2)n1. The molecule has 0 amide bonds. The highest BCUT2D eigenvalue weighted by Crippen LogP contribution is 2.23. The molecule has 4 aromatic rings. The first-order valence-corrected chi connectivity index (χ1v) is 10.0. The molecule has 0 atom stereocenters. The van der Waals surface area contributed by atoms with Crippen molar-refractivity contribution in [3.05, 3.63) is 68.5 Å². The van der Waals surface area contributed by atoms with Crippen LogP contribution in [-0.2, 0) is 6.54 Å². The second kappa shape index (κ2) is 7.56. The van der Waals surface area contributed by atoms with E-state index in [2.05, 4.69) is 25.6 Å². The molecule has 1 N–H and O–H groups in total. The lowest BCUT2D eigenvalue weighted by Gasteiger charge is -2.05. The number of halogens is 1. The fourth-order valence-electron chi connectivity index (χ4n) is 2.55. The van der Waals surface area contributed by atoms with Gasteiger partial charge in [0.1, 0.15) is 5.82 Å². The maximum atomic E-state index is 14.2. The number of carbonyl (C=O) groups is 1. The van der Waals surface area contributed by atoms with Crippen LogP contribution in [0.5, 0.6) is 0 Å². The summed E-state index contributed by atoms with van der Waals surface area (Å²) >= 11 is 2.42. The third kappa shape index (κ3) is 3.82. The van der Waals surface area contributed by atoms with E-state index in [4.69, 9.17) is 0 Å². The molecule has 0 aliphatic heterocycles. The predicted molar refractivity (Wildman–Crippen MR) is 106 cm³/mol. The van der Waals surface area contributed by atoms with Crippen molar-refractivity contribution in [2.24, 2.45) is 0 Å². The molecule has 1 aromatic carbocycles. The Morgan fingerprint density at radius 1 is 1.21 bits per heavy atom. The zero-order valence-corrected chi connectivity index (χ0v) is 16.6. The number of nitrogens with one attached hydrogen (secondary N) is 1. The standard InChI is InChI=1S/C18H15FN6OS2/c1-10-4-3-5-12(14(10)19)8-25-7-6-13(24-25)21-18-23-22-17(28-18)15(26)16-20-11(2)9-27-16/h3-7,9H,8H2,1-2H3,(H,21,23,24). The van der Waals surface area contributed by atoms with Gasteiger partial charge in [-0.25, -0.2) is 9.37 Å². The molecule has 3 heterocycles. The Hall–Kier alpha value is -2.98. The van der Waals surface area contributed by atoms with Crippen molar-refractivity contribution in [1.29, 1.82) is 0 Å². The average Bonchev–Trinajstić information content (AvgIpc) is 3.41. The highest BCUT2D eigenvalue weighted by atomic mass is 32.1. The van der Waals surface area contributed by atoms with Crippen molar-refractivity contribution >= 4 is 39.4 Å². The van der Waals surface area contributed by atoms with Crippen molar-refractivity contribution in [3.8, 4) is 0 Å². The molecule has 10 heteroatoms. The van der Waals surface area contributed by atoms with Crippen LogP contribution in [0.2, 0.25) is 0 Å². The van der Waals surface area contributed by atoms with Crippen LogP contribution >= 0.6 is 22.7 Å². The van der Waals surface area contributed by atoms with E-state index in [-0.39, 0.29) is 16.6 Å². The normalized spacial score (nSPS) is 11.0. The number of hydrogen-bond acceptors (Lipinski definition) is 8. The Morgan fingerprint density at radius 2 is 2.07 bits per heavy atom. The Morgan fingerprint density at radius 3 is 2.86 bits per heavy atom. The molecular weight excluding hydrogens is 399 g/mol. The van der Waals surface area contributed by atoms with E-state index in [0.29, 0.717) is 33.6 Å². The molecule has 0 fully saturated rings. The number of aromatic nitrogens is 5. The summed E-state index contributed by atoms with van der Waals surface area (Å²) < 4.78 is 15.8. The zero-order chi connectivity index (χ0) is 19.7. The molecule has 0 aliphatic carbocycles. The number of nitrogens with zero attached hydrogens (tertiary/aromatic N) is 5. The van der Waals surface area contributed by atoms with Crippen LogP contribution in [0.4, 0.5) is 15.3 Å². The number of thiazole rings is 1. The van der Waals surface area contributed by atoms with Gasteiger partial charge in [-0.3, -0.25) is 9.48 Å². The number of benzene rings is 1. The molecular formula is C18H15FN6OS2. The van der Waals surface area contributed by atoms with E-state index in [0.717, 1.165) is 17.0 Å². The number of carbonyl (C=O) groups excluding carboxylic acids is 1. The van der Waals surface area contributed by atoms with Gasteiger partial charge in [0.15, 0.2) is 15.8 Å². The van der Waals surface area contributed by atoms with Crippen molar-refractivity contribution in [3.63, 3.8) is 0 Å². The molecule has 0 saturated carbocycles. The van der Waals surface area contributed by atoms with Crippen LogP contribution in [0, 0.1) is 19.7 Å². The molecule has 0 unspecified atom stereocenters. The molecule has 4 rings (SSSR count). The summed E-state index contributed by atoms with van der Waals surface area (Å²) in [6, 6.07) is 7.04. The first-order chi connectivity index (χ1) is 13.5. The Balaban J connectivity index is 1.45. The molecule has 7 nitrogen and oxygen atoms in total. The number of anilines is 2. The van der Waals surface area contributed by atoms with Gasteiger partial charge in [-0.1, -0.05) is 29.5 Å². The van der Waals surface area contributed by atoms with Crippen molar-refractivity contribution in [2.45, 2.75) is 20.4 Å². The van der Waals surface area contributed by atoms with E-state index in [1.54, 1.807) is 36.0 Å². The molecule has 3 aromatic heterocycles. The molecule has 142 valence electrons. The molecule has 0 saturated heterocycles. The summed E-state index contributed by atoms with van der Waals surface area (Å²) in [5, 5.41) is 18.2. The number of ketones is 1. The maximum absolute atomic E-state index is 14.2. The van der Waals surface area contributed by atoms with Crippen LogP contribution in [0.15, 0.2) is 35.8 Å². The van der Waals surface area contributed by atoms with E-state index in [1.807, 2.05) is 18.4 Å². The molecule has 0 spiro atoms. The summed E-state index contributed by atoms with van der Waals surface area (Å²) in [4.78, 5) is 16.5. The number of aryl methyl sites for hydroxylation is 2. The van der Waals surface area contributed by atoms with Gasteiger partial charge in [-0.05, 0) is 19.4 Å². The summed E-state index contributed by atoms with van der Waals surface area (Å²) in [5.74, 6) is 0.0645. The lowest BCUT2D eigenvalue weighted by Crippen LogP contribution is -2.04. The van der Waals surface area contributed by atoms with Gasteiger partial charge < -0.3 is 5.32 Å². The minimum absolute atomic E-state index is 0.225. The van der Waals surface area contributed by atoms with Gasteiger partial charge in [-0.2, -0.15) is 5.10 Å². The molecule has 0 aliphatic rings. The molecule has 28 heavy (non-hydrogen) atoms. The van der Waals surface area contributed by atoms with Crippen LogP contribution in [-0.4, -0.2) is 30.7 Å². The summed E-state index contributed by atoms with van der Waals surface area (Å²) in [6.45, 7) is 3.88. The van der Waals surface area contributed by atoms with Gasteiger partial charge in [0.2, 0.25) is 5.13 Å². The number of rotatable bonds is 6. The predicted octanol–water partition coefficient (Wildman–Crippen LogP) is 3.97. The monoisotopic (exact) mass is 414 g/mol. The summed E-state index contributed by atoms with van der Waals surface area (Å²) in [7, 11) is 0. The highest BCUT2D eigenvalue weighted by molar-refractivity contribution is 7.18. The third-order valence-electron chi connectivity index (χ3n) is 3.91. The summed E-state index contributed by atoms with van der Waals surface area (Å²) in [5.41, 5.74) is 1.97. The van der Waals surface area contributed by atoms with Gasteiger partial charge in [0.25, 0.3) is 5.78 Å². The summed E-state index contributed by atoms with van der Waals surface area (Å²) in [6.07, 6.45) is 1.75. The zero-order valence-electron chi connectivity index (χ0n) is 15.0. The fraction of sp³-hybridized carbons (Fsp3) is 0.167. The topological polar surface area (TPSA) is 85.6 Å². The highest BCUT2D eigenvalue weighted by Gasteiger charge is 2.18. The minimum Gasteiger partial charge on any atom is -0.313 e. The van der Waals surface area contributed by atoms with Crippen LogP contribution < -0.4 is 5.32 Å². The van der Waals surface area contributed by atoms with Crippen molar-refractivity contribution in [2.75, 3.05) is 5.32 Å². The van der Waals surface area contributed by atoms with Crippen molar-refractivity contribution < 1.29 is 9.18 Å². The lowest BCUT2D eigenvalue weighted by atomic mass is 10.1. The van der Waals surface area contributed by atoms with E-state index >= 15 is 0 Å². The molecule has 0 bridgehead atoms. The second-order valence-electron chi connectivity index (χ2n) is 6.11. The Kier molecular flexibility index (Phi) is 4.97. The van der Waals surface area contributed by atoms with Crippen molar-refractivity contribution in [1.82, 2.24) is 25.0 Å². The van der Waals surface area contributed by atoms with Crippen LogP contribution in [0.1, 0.15) is 31.6 Å².